The zero-order valence-electron chi connectivity index (χ0n) is 9.57. The van der Waals surface area contributed by atoms with Crippen molar-refractivity contribution in [3.05, 3.63) is 28.3 Å². The summed E-state index contributed by atoms with van der Waals surface area (Å²) in [7, 11) is 0. The number of rotatable bonds is 3. The van der Waals surface area contributed by atoms with Crippen LogP contribution in [-0.4, -0.2) is 23.1 Å². The summed E-state index contributed by atoms with van der Waals surface area (Å²) in [5.41, 5.74) is 6.04. The largest absolute Gasteiger partial charge is 0.391 e. The van der Waals surface area contributed by atoms with Crippen molar-refractivity contribution in [2.45, 2.75) is 6.42 Å². The molecule has 1 heterocycles. The van der Waals surface area contributed by atoms with Crippen LogP contribution in [0.5, 0.6) is 0 Å². The summed E-state index contributed by atoms with van der Waals surface area (Å²) in [5.74, 6) is 0.706. The number of hydrogen-bond acceptors (Lipinski definition) is 5. The summed E-state index contributed by atoms with van der Waals surface area (Å²) in [6.45, 7) is 0.508. The second-order valence-electron chi connectivity index (χ2n) is 4.22. The predicted molar refractivity (Wildman–Crippen MR) is 71.8 cm³/mol. The van der Waals surface area contributed by atoms with E-state index in [1.807, 2.05) is 0 Å². The number of nitro benzene ring substituents is 1. The number of amides is 1. The van der Waals surface area contributed by atoms with E-state index in [2.05, 4.69) is 12.6 Å². The van der Waals surface area contributed by atoms with Gasteiger partial charge < -0.3 is 10.6 Å². The van der Waals surface area contributed by atoms with E-state index >= 15 is 0 Å². The summed E-state index contributed by atoms with van der Waals surface area (Å²) in [6, 6.07) is 4.49. The number of nitrogens with two attached hydrogens (primary N) is 1. The fourth-order valence-electron chi connectivity index (χ4n) is 2.07. The molecule has 1 unspecified atom stereocenters. The highest BCUT2D eigenvalue weighted by molar-refractivity contribution is 7.80. The summed E-state index contributed by atoms with van der Waals surface area (Å²) in [5, 5.41) is 10.8. The summed E-state index contributed by atoms with van der Waals surface area (Å²) in [4.78, 5) is 23.6. The van der Waals surface area contributed by atoms with Gasteiger partial charge in [-0.1, -0.05) is 6.07 Å². The van der Waals surface area contributed by atoms with Crippen LogP contribution in [-0.2, 0) is 4.79 Å². The molecule has 0 radical (unpaired) electrons. The average Bonchev–Trinajstić information content (AvgIpc) is 2.70. The lowest BCUT2D eigenvalue weighted by Crippen LogP contribution is -2.25. The molecule has 1 amide bonds. The molecular formula is C11H13N3O3S. The van der Waals surface area contributed by atoms with E-state index in [1.54, 1.807) is 6.07 Å². The van der Waals surface area contributed by atoms with Gasteiger partial charge in [-0.15, -0.1) is 0 Å². The number of nitrogen functional groups attached to an aromatic ring is 1. The maximum Gasteiger partial charge on any atom is 0.294 e. The summed E-state index contributed by atoms with van der Waals surface area (Å²) >= 11 is 4.17. The fraction of sp³-hybridized carbons (Fsp3) is 0.364. The van der Waals surface area contributed by atoms with Gasteiger partial charge in [0.15, 0.2) is 0 Å². The van der Waals surface area contributed by atoms with Gasteiger partial charge in [0.25, 0.3) is 5.69 Å². The Balaban J connectivity index is 2.37. The molecule has 0 aliphatic carbocycles. The van der Waals surface area contributed by atoms with Crippen LogP contribution < -0.4 is 10.6 Å². The second kappa shape index (κ2) is 4.85. The molecule has 96 valence electrons. The van der Waals surface area contributed by atoms with Gasteiger partial charge in [-0.2, -0.15) is 12.6 Å². The van der Waals surface area contributed by atoms with Crippen molar-refractivity contribution in [2.75, 3.05) is 22.9 Å². The Hall–Kier alpha value is -1.76. The van der Waals surface area contributed by atoms with Crippen molar-refractivity contribution >= 4 is 35.6 Å². The number of carbonyl (C=O) groups is 1. The van der Waals surface area contributed by atoms with Gasteiger partial charge in [0.2, 0.25) is 5.91 Å². The monoisotopic (exact) mass is 267 g/mol. The van der Waals surface area contributed by atoms with Crippen molar-refractivity contribution in [3.8, 4) is 0 Å². The van der Waals surface area contributed by atoms with Crippen molar-refractivity contribution in [1.29, 1.82) is 0 Å². The number of carbonyl (C=O) groups excluding carboxylic acids is 1. The van der Waals surface area contributed by atoms with E-state index in [0.29, 0.717) is 24.4 Å². The number of hydrogen-bond donors (Lipinski definition) is 2. The maximum atomic E-state index is 11.8. The first-order valence-electron chi connectivity index (χ1n) is 5.48. The maximum absolute atomic E-state index is 11.8. The minimum absolute atomic E-state index is 0.0377. The molecule has 1 aromatic carbocycles. The highest BCUT2D eigenvalue weighted by atomic mass is 32.1. The zero-order chi connectivity index (χ0) is 13.3. The standard InChI is InChI=1S/C11H13N3O3S/c12-11-8(2-1-3-9(11)14(16)17)13-5-7(6-18)4-10(13)15/h1-3,7,18H,4-6,12H2. The molecule has 0 bridgehead atoms. The Morgan fingerprint density at radius 3 is 2.83 bits per heavy atom. The van der Waals surface area contributed by atoms with Crippen molar-refractivity contribution in [1.82, 2.24) is 0 Å². The third-order valence-electron chi connectivity index (χ3n) is 3.01. The third-order valence-corrected chi connectivity index (χ3v) is 3.53. The average molecular weight is 267 g/mol. The summed E-state index contributed by atoms with van der Waals surface area (Å²) < 4.78 is 0. The van der Waals surface area contributed by atoms with Crippen LogP contribution in [0.25, 0.3) is 0 Å². The van der Waals surface area contributed by atoms with Crippen molar-refractivity contribution in [3.63, 3.8) is 0 Å². The molecule has 0 spiro atoms. The van der Waals surface area contributed by atoms with Crippen LogP contribution in [0.2, 0.25) is 0 Å². The van der Waals surface area contributed by atoms with Crippen LogP contribution in [0.1, 0.15) is 6.42 Å². The Bertz CT molecular complexity index is 506. The van der Waals surface area contributed by atoms with E-state index in [4.69, 9.17) is 5.73 Å². The molecule has 6 nitrogen and oxygen atoms in total. The first-order valence-corrected chi connectivity index (χ1v) is 6.12. The van der Waals surface area contributed by atoms with Gasteiger partial charge in [0, 0.05) is 19.0 Å². The number of nitrogens with zero attached hydrogens (tertiary/aromatic N) is 2. The van der Waals surface area contributed by atoms with Gasteiger partial charge in [0.05, 0.1) is 10.6 Å². The highest BCUT2D eigenvalue weighted by Gasteiger charge is 2.32. The first-order chi connectivity index (χ1) is 8.54. The molecule has 18 heavy (non-hydrogen) atoms. The predicted octanol–water partition coefficient (Wildman–Crippen LogP) is 1.46. The Kier molecular flexibility index (Phi) is 3.42. The number of benzene rings is 1. The molecule has 1 aliphatic heterocycles. The van der Waals surface area contributed by atoms with Gasteiger partial charge >= 0.3 is 0 Å². The minimum Gasteiger partial charge on any atom is -0.391 e. The van der Waals surface area contributed by atoms with Crippen LogP contribution in [0.4, 0.5) is 17.1 Å². The lowest BCUT2D eigenvalue weighted by molar-refractivity contribution is -0.383. The number of para-hydroxylation sites is 1. The quantitative estimate of drug-likeness (QED) is 0.375. The normalized spacial score (nSPS) is 19.3. The molecule has 2 N–H and O–H groups in total. The molecule has 2 rings (SSSR count). The van der Waals surface area contributed by atoms with Gasteiger partial charge in [0.1, 0.15) is 5.69 Å². The third kappa shape index (κ3) is 2.13. The number of anilines is 2. The first kappa shape index (κ1) is 12.7. The molecule has 0 saturated carbocycles. The smallest absolute Gasteiger partial charge is 0.294 e. The fourth-order valence-corrected chi connectivity index (χ4v) is 2.32. The number of nitro groups is 1. The molecular weight excluding hydrogens is 254 g/mol. The van der Waals surface area contributed by atoms with E-state index in [0.717, 1.165) is 0 Å². The Morgan fingerprint density at radius 1 is 1.56 bits per heavy atom. The highest BCUT2D eigenvalue weighted by Crippen LogP contribution is 2.35. The molecule has 1 atom stereocenters. The second-order valence-corrected chi connectivity index (χ2v) is 4.59. The lowest BCUT2D eigenvalue weighted by atomic mass is 10.1. The molecule has 1 aromatic rings. The zero-order valence-corrected chi connectivity index (χ0v) is 10.5. The van der Waals surface area contributed by atoms with Crippen LogP contribution in [0, 0.1) is 16.0 Å². The van der Waals surface area contributed by atoms with Crippen LogP contribution in [0.15, 0.2) is 18.2 Å². The van der Waals surface area contributed by atoms with E-state index < -0.39 is 4.92 Å². The van der Waals surface area contributed by atoms with Gasteiger partial charge in [-0.3, -0.25) is 14.9 Å². The Morgan fingerprint density at radius 2 is 2.28 bits per heavy atom. The van der Waals surface area contributed by atoms with E-state index in [9.17, 15) is 14.9 Å². The summed E-state index contributed by atoms with van der Waals surface area (Å²) in [6.07, 6.45) is 0.408. The van der Waals surface area contributed by atoms with Crippen LogP contribution in [0.3, 0.4) is 0 Å². The topological polar surface area (TPSA) is 89.5 Å². The molecule has 7 heteroatoms. The van der Waals surface area contributed by atoms with E-state index in [1.165, 1.54) is 17.0 Å². The molecule has 1 fully saturated rings. The van der Waals surface area contributed by atoms with Crippen LogP contribution >= 0.6 is 12.6 Å². The lowest BCUT2D eigenvalue weighted by Gasteiger charge is -2.18. The molecule has 1 saturated heterocycles. The van der Waals surface area contributed by atoms with E-state index in [-0.39, 0.29) is 23.2 Å². The molecule has 1 aliphatic rings. The minimum atomic E-state index is -0.546. The number of thiol groups is 1. The SMILES string of the molecule is Nc1c(N2CC(CS)CC2=O)cccc1[N+](=O)[O-]. The molecule has 0 aromatic heterocycles. The van der Waals surface area contributed by atoms with Crippen molar-refractivity contribution in [2.24, 2.45) is 5.92 Å². The van der Waals surface area contributed by atoms with Crippen molar-refractivity contribution < 1.29 is 9.72 Å². The van der Waals surface area contributed by atoms with Gasteiger partial charge in [-0.25, -0.2) is 0 Å². The Labute approximate surface area is 109 Å². The van der Waals surface area contributed by atoms with Gasteiger partial charge in [-0.05, 0) is 17.7 Å².